The van der Waals surface area contributed by atoms with Gasteiger partial charge in [-0.3, -0.25) is 0 Å². The van der Waals surface area contributed by atoms with Crippen molar-refractivity contribution in [2.24, 2.45) is 5.92 Å². The summed E-state index contributed by atoms with van der Waals surface area (Å²) in [5.74, 6) is -2.11. The molecule has 0 aromatic heterocycles. The van der Waals surface area contributed by atoms with Crippen LogP contribution in [0.15, 0.2) is 0 Å². The molecule has 1 fully saturated rings. The molecule has 0 amide bonds. The first-order valence-corrected chi connectivity index (χ1v) is 4.30. The molecule has 1 heterocycles. The van der Waals surface area contributed by atoms with Crippen molar-refractivity contribution in [2.75, 3.05) is 6.61 Å². The molecule has 4 N–H and O–H groups in total. The van der Waals surface area contributed by atoms with Gasteiger partial charge in [0.2, 0.25) is 0 Å². The van der Waals surface area contributed by atoms with E-state index in [-0.39, 0.29) is 5.92 Å². The first-order valence-electron chi connectivity index (χ1n) is 4.30. The summed E-state index contributed by atoms with van der Waals surface area (Å²) in [6.07, 6.45) is -3.52. The van der Waals surface area contributed by atoms with Crippen molar-refractivity contribution >= 4 is 0 Å². The van der Waals surface area contributed by atoms with Gasteiger partial charge >= 0.3 is 0 Å². The van der Waals surface area contributed by atoms with Crippen molar-refractivity contribution in [2.45, 2.75) is 37.9 Å². The third-order valence-corrected chi connectivity index (χ3v) is 2.48. The zero-order chi connectivity index (χ0) is 10.2. The highest BCUT2D eigenvalue weighted by Crippen LogP contribution is 2.34. The van der Waals surface area contributed by atoms with Crippen LogP contribution in [0, 0.1) is 5.92 Å². The third-order valence-electron chi connectivity index (χ3n) is 2.48. The minimum absolute atomic E-state index is 0.353. The molecule has 13 heavy (non-hydrogen) atoms. The number of hydrogen-bond acceptors (Lipinski definition) is 5. The van der Waals surface area contributed by atoms with Crippen LogP contribution in [0.3, 0.4) is 0 Å². The molecule has 4 atom stereocenters. The maximum absolute atomic E-state index is 9.77. The van der Waals surface area contributed by atoms with Gasteiger partial charge in [-0.15, -0.1) is 0 Å². The Morgan fingerprint density at radius 1 is 1.38 bits per heavy atom. The molecule has 1 rings (SSSR count). The van der Waals surface area contributed by atoms with Crippen molar-refractivity contribution in [1.29, 1.82) is 0 Å². The van der Waals surface area contributed by atoms with Gasteiger partial charge in [0.1, 0.15) is 18.3 Å². The molecule has 1 saturated heterocycles. The number of rotatable bonds is 2. The Hall–Kier alpha value is -0.200. The van der Waals surface area contributed by atoms with Crippen molar-refractivity contribution in [3.05, 3.63) is 0 Å². The summed E-state index contributed by atoms with van der Waals surface area (Å²) in [6, 6.07) is 0. The van der Waals surface area contributed by atoms with Crippen molar-refractivity contribution < 1.29 is 25.2 Å². The topological polar surface area (TPSA) is 90.2 Å². The van der Waals surface area contributed by atoms with E-state index in [4.69, 9.17) is 9.84 Å². The fourth-order valence-corrected chi connectivity index (χ4v) is 1.45. The van der Waals surface area contributed by atoms with E-state index < -0.39 is 30.7 Å². The van der Waals surface area contributed by atoms with Gasteiger partial charge in [-0.2, -0.15) is 0 Å². The molecular formula is C8H16O5. The minimum Gasteiger partial charge on any atom is -0.394 e. The average Bonchev–Trinajstić information content (AvgIpc) is 2.31. The van der Waals surface area contributed by atoms with E-state index in [0.717, 1.165) is 0 Å². The molecule has 2 unspecified atom stereocenters. The van der Waals surface area contributed by atoms with Crippen LogP contribution in [0.1, 0.15) is 13.8 Å². The first-order chi connectivity index (χ1) is 5.93. The summed E-state index contributed by atoms with van der Waals surface area (Å²) < 4.78 is 4.99. The van der Waals surface area contributed by atoms with E-state index >= 15 is 0 Å². The highest BCUT2D eigenvalue weighted by Gasteiger charge is 2.54. The summed E-state index contributed by atoms with van der Waals surface area (Å²) in [6.45, 7) is 2.90. The van der Waals surface area contributed by atoms with E-state index in [1.54, 1.807) is 13.8 Å². The molecular weight excluding hydrogens is 176 g/mol. The lowest BCUT2D eigenvalue weighted by molar-refractivity contribution is -0.255. The summed E-state index contributed by atoms with van der Waals surface area (Å²) >= 11 is 0. The lowest BCUT2D eigenvalue weighted by atomic mass is 9.95. The second kappa shape index (κ2) is 3.51. The molecule has 1 aliphatic heterocycles. The van der Waals surface area contributed by atoms with Crippen LogP contribution in [0.4, 0.5) is 0 Å². The SMILES string of the molecule is CC(C)C1(O)O[C@H](CO)[C@@H](O)C1O. The molecule has 0 aliphatic carbocycles. The van der Waals surface area contributed by atoms with Gasteiger partial charge in [0.25, 0.3) is 0 Å². The molecule has 0 aromatic rings. The fraction of sp³-hybridized carbons (Fsp3) is 1.00. The van der Waals surface area contributed by atoms with Gasteiger partial charge in [-0.05, 0) is 0 Å². The second-order valence-corrected chi connectivity index (χ2v) is 3.68. The Bertz CT molecular complexity index is 183. The normalized spacial score (nSPS) is 45.9. The molecule has 0 saturated carbocycles. The highest BCUT2D eigenvalue weighted by molar-refractivity contribution is 4.96. The quantitative estimate of drug-likeness (QED) is 0.425. The zero-order valence-corrected chi connectivity index (χ0v) is 7.71. The van der Waals surface area contributed by atoms with Crippen LogP contribution in [-0.4, -0.2) is 51.1 Å². The molecule has 5 heteroatoms. The highest BCUT2D eigenvalue weighted by atomic mass is 16.7. The van der Waals surface area contributed by atoms with Crippen LogP contribution >= 0.6 is 0 Å². The van der Waals surface area contributed by atoms with E-state index in [1.165, 1.54) is 0 Å². The summed E-state index contributed by atoms with van der Waals surface area (Å²) in [5, 5.41) is 37.3. The second-order valence-electron chi connectivity index (χ2n) is 3.68. The fourth-order valence-electron chi connectivity index (χ4n) is 1.45. The van der Waals surface area contributed by atoms with Crippen molar-refractivity contribution in [3.8, 4) is 0 Å². The summed E-state index contributed by atoms with van der Waals surface area (Å²) in [7, 11) is 0. The Morgan fingerprint density at radius 2 is 1.92 bits per heavy atom. The molecule has 0 aromatic carbocycles. The van der Waals surface area contributed by atoms with Crippen LogP contribution in [0.2, 0.25) is 0 Å². The molecule has 5 nitrogen and oxygen atoms in total. The van der Waals surface area contributed by atoms with Crippen molar-refractivity contribution in [3.63, 3.8) is 0 Å². The van der Waals surface area contributed by atoms with E-state index in [0.29, 0.717) is 0 Å². The molecule has 0 bridgehead atoms. The monoisotopic (exact) mass is 192 g/mol. The third kappa shape index (κ3) is 1.58. The first kappa shape index (κ1) is 10.9. The maximum Gasteiger partial charge on any atom is 0.197 e. The van der Waals surface area contributed by atoms with Gasteiger partial charge in [0.15, 0.2) is 5.79 Å². The number of aliphatic hydroxyl groups is 4. The maximum atomic E-state index is 9.77. The molecule has 0 radical (unpaired) electrons. The Kier molecular flexibility index (Phi) is 2.94. The lowest BCUT2D eigenvalue weighted by Crippen LogP contribution is -2.47. The van der Waals surface area contributed by atoms with Gasteiger partial charge in [0, 0.05) is 5.92 Å². The summed E-state index contributed by atoms with van der Waals surface area (Å²) in [5.41, 5.74) is 0. The lowest BCUT2D eigenvalue weighted by Gasteiger charge is -2.29. The number of ether oxygens (including phenoxy) is 1. The number of hydrogen-bond donors (Lipinski definition) is 4. The largest absolute Gasteiger partial charge is 0.394 e. The average molecular weight is 192 g/mol. The smallest absolute Gasteiger partial charge is 0.197 e. The molecule has 1 aliphatic rings. The predicted octanol–water partition coefficient (Wildman–Crippen LogP) is -1.56. The minimum atomic E-state index is -1.76. The Labute approximate surface area is 76.6 Å². The summed E-state index contributed by atoms with van der Waals surface area (Å²) in [4.78, 5) is 0. The molecule has 0 spiro atoms. The van der Waals surface area contributed by atoms with Crippen LogP contribution in [0.25, 0.3) is 0 Å². The van der Waals surface area contributed by atoms with Crippen LogP contribution < -0.4 is 0 Å². The van der Waals surface area contributed by atoms with Gasteiger partial charge < -0.3 is 25.2 Å². The standard InChI is InChI=1S/C8H16O5/c1-4(2)8(12)7(11)6(10)5(3-9)13-8/h4-7,9-12H,3H2,1-2H3/t5-,6-,7?,8?/m1/s1. The Morgan fingerprint density at radius 3 is 2.15 bits per heavy atom. The van der Waals surface area contributed by atoms with Crippen LogP contribution in [-0.2, 0) is 4.74 Å². The van der Waals surface area contributed by atoms with Gasteiger partial charge in [0.05, 0.1) is 6.61 Å². The van der Waals surface area contributed by atoms with E-state index in [1.807, 2.05) is 0 Å². The predicted molar refractivity (Wildman–Crippen MR) is 43.8 cm³/mol. The molecule has 78 valence electrons. The van der Waals surface area contributed by atoms with Gasteiger partial charge in [-0.25, -0.2) is 0 Å². The van der Waals surface area contributed by atoms with Crippen LogP contribution in [0.5, 0.6) is 0 Å². The van der Waals surface area contributed by atoms with E-state index in [2.05, 4.69) is 0 Å². The van der Waals surface area contributed by atoms with Gasteiger partial charge in [-0.1, -0.05) is 13.8 Å². The Balaban J connectivity index is 2.81. The van der Waals surface area contributed by atoms with E-state index in [9.17, 15) is 15.3 Å². The van der Waals surface area contributed by atoms with Crippen molar-refractivity contribution in [1.82, 2.24) is 0 Å². The number of aliphatic hydroxyl groups excluding tert-OH is 3. The zero-order valence-electron chi connectivity index (χ0n) is 7.71.